The first-order valence-electron chi connectivity index (χ1n) is 7.42. The van der Waals surface area contributed by atoms with Crippen LogP contribution in [0.5, 0.6) is 0 Å². The zero-order valence-electron chi connectivity index (χ0n) is 13.0. The number of nitrogens with zero attached hydrogens (tertiary/aromatic N) is 1. The van der Waals surface area contributed by atoms with E-state index in [4.69, 9.17) is 20.8 Å². The van der Waals surface area contributed by atoms with Gasteiger partial charge in [-0.25, -0.2) is 14.2 Å². The molecule has 4 nitrogen and oxygen atoms in total. The van der Waals surface area contributed by atoms with Crippen LogP contribution < -0.4 is 0 Å². The average Bonchev–Trinajstić information content (AvgIpc) is 3.09. The van der Waals surface area contributed by atoms with Gasteiger partial charge in [0.2, 0.25) is 5.89 Å². The summed E-state index contributed by atoms with van der Waals surface area (Å²) < 4.78 is 24.2. The standard InChI is InChI=1S/C19H13ClFNO3/c20-15-7-4-8-16(21)14(15)9-10-19(23)24-12-18-22-11-17(25-18)13-5-2-1-3-6-13/h1-11H,12H2/b10-9+. The molecule has 0 saturated heterocycles. The van der Waals surface area contributed by atoms with E-state index in [0.29, 0.717) is 5.76 Å². The van der Waals surface area contributed by atoms with Crippen molar-refractivity contribution in [2.24, 2.45) is 0 Å². The van der Waals surface area contributed by atoms with Gasteiger partial charge >= 0.3 is 5.97 Å². The Morgan fingerprint density at radius 1 is 1.20 bits per heavy atom. The van der Waals surface area contributed by atoms with Crippen molar-refractivity contribution in [3.8, 4) is 11.3 Å². The minimum atomic E-state index is -0.654. The van der Waals surface area contributed by atoms with Crippen molar-refractivity contribution >= 4 is 23.6 Å². The first kappa shape index (κ1) is 16.9. The maximum Gasteiger partial charge on any atom is 0.331 e. The third-order valence-electron chi connectivity index (χ3n) is 3.34. The van der Waals surface area contributed by atoms with Crippen molar-refractivity contribution in [3.05, 3.63) is 83.1 Å². The van der Waals surface area contributed by atoms with Gasteiger partial charge in [0.05, 0.1) is 11.2 Å². The number of ether oxygens (including phenoxy) is 1. The Bertz CT molecular complexity index is 886. The predicted molar refractivity (Wildman–Crippen MR) is 92.2 cm³/mol. The molecule has 0 atom stereocenters. The minimum absolute atomic E-state index is 0.124. The average molecular weight is 358 g/mol. The first-order valence-corrected chi connectivity index (χ1v) is 7.80. The molecular formula is C19H13ClFNO3. The zero-order chi connectivity index (χ0) is 17.6. The van der Waals surface area contributed by atoms with Crippen LogP contribution in [0.4, 0.5) is 4.39 Å². The van der Waals surface area contributed by atoms with E-state index in [1.165, 1.54) is 24.3 Å². The van der Waals surface area contributed by atoms with Crippen molar-refractivity contribution in [2.45, 2.75) is 6.61 Å². The van der Waals surface area contributed by atoms with E-state index in [-0.39, 0.29) is 23.1 Å². The van der Waals surface area contributed by atoms with Crippen molar-refractivity contribution in [1.82, 2.24) is 4.98 Å². The number of esters is 1. The Balaban J connectivity index is 1.60. The fourth-order valence-corrected chi connectivity index (χ4v) is 2.34. The molecule has 0 spiro atoms. The molecule has 0 fully saturated rings. The Hall–Kier alpha value is -2.92. The highest BCUT2D eigenvalue weighted by molar-refractivity contribution is 6.32. The summed E-state index contributed by atoms with van der Waals surface area (Å²) in [5.74, 6) is -0.319. The summed E-state index contributed by atoms with van der Waals surface area (Å²) in [5, 5.41) is 0.212. The number of oxazole rings is 1. The molecule has 126 valence electrons. The number of carbonyl (C=O) groups is 1. The lowest BCUT2D eigenvalue weighted by atomic mass is 10.2. The first-order chi connectivity index (χ1) is 12.1. The van der Waals surface area contributed by atoms with Crippen LogP contribution in [-0.4, -0.2) is 11.0 Å². The number of rotatable bonds is 5. The van der Waals surface area contributed by atoms with Gasteiger partial charge in [-0.3, -0.25) is 0 Å². The second-order valence-electron chi connectivity index (χ2n) is 5.06. The van der Waals surface area contributed by atoms with Crippen LogP contribution in [0.1, 0.15) is 11.5 Å². The highest BCUT2D eigenvalue weighted by Gasteiger charge is 2.09. The zero-order valence-corrected chi connectivity index (χ0v) is 13.7. The molecule has 0 aliphatic heterocycles. The molecule has 0 bridgehead atoms. The Labute approximate surface area is 148 Å². The fourth-order valence-electron chi connectivity index (χ4n) is 2.12. The summed E-state index contributed by atoms with van der Waals surface area (Å²) in [5.41, 5.74) is 1.00. The van der Waals surface area contributed by atoms with Gasteiger partial charge in [-0.1, -0.05) is 48.0 Å². The van der Waals surface area contributed by atoms with Gasteiger partial charge in [-0.2, -0.15) is 0 Å². The van der Waals surface area contributed by atoms with E-state index in [2.05, 4.69) is 4.98 Å². The molecule has 1 aromatic heterocycles. The summed E-state index contributed by atoms with van der Waals surface area (Å²) in [4.78, 5) is 15.8. The van der Waals surface area contributed by atoms with E-state index in [0.717, 1.165) is 11.6 Å². The number of benzene rings is 2. The largest absolute Gasteiger partial charge is 0.453 e. The maximum atomic E-state index is 13.6. The fraction of sp³-hybridized carbons (Fsp3) is 0.0526. The third kappa shape index (κ3) is 4.33. The Morgan fingerprint density at radius 3 is 2.76 bits per heavy atom. The summed E-state index contributed by atoms with van der Waals surface area (Å²) in [7, 11) is 0. The highest BCUT2D eigenvalue weighted by atomic mass is 35.5. The SMILES string of the molecule is O=C(/C=C/c1c(F)cccc1Cl)OCc1ncc(-c2ccccc2)o1. The van der Waals surface area contributed by atoms with E-state index in [1.807, 2.05) is 30.3 Å². The lowest BCUT2D eigenvalue weighted by Crippen LogP contribution is -2.01. The minimum Gasteiger partial charge on any atom is -0.453 e. The molecule has 3 rings (SSSR count). The van der Waals surface area contributed by atoms with E-state index < -0.39 is 11.8 Å². The molecule has 0 amide bonds. The maximum absolute atomic E-state index is 13.6. The number of halogens is 2. The Morgan fingerprint density at radius 2 is 2.00 bits per heavy atom. The molecule has 2 aromatic carbocycles. The smallest absolute Gasteiger partial charge is 0.331 e. The van der Waals surface area contributed by atoms with Crippen molar-refractivity contribution in [2.75, 3.05) is 0 Å². The van der Waals surface area contributed by atoms with Crippen LogP contribution in [0, 0.1) is 5.82 Å². The molecule has 0 aliphatic rings. The van der Waals surface area contributed by atoms with Crippen LogP contribution in [-0.2, 0) is 16.1 Å². The second-order valence-corrected chi connectivity index (χ2v) is 5.47. The van der Waals surface area contributed by atoms with Gasteiger partial charge in [-0.05, 0) is 18.2 Å². The van der Waals surface area contributed by atoms with Crippen LogP contribution in [0.25, 0.3) is 17.4 Å². The van der Waals surface area contributed by atoms with Gasteiger partial charge < -0.3 is 9.15 Å². The molecule has 6 heteroatoms. The number of carbonyl (C=O) groups excluding carboxylic acids is 1. The normalized spacial score (nSPS) is 11.0. The third-order valence-corrected chi connectivity index (χ3v) is 3.67. The number of hydrogen-bond acceptors (Lipinski definition) is 4. The summed E-state index contributed by atoms with van der Waals surface area (Å²) in [6.45, 7) is -0.124. The molecule has 0 unspecified atom stereocenters. The topological polar surface area (TPSA) is 52.3 Å². The molecule has 0 saturated carbocycles. The molecule has 0 radical (unpaired) electrons. The Kier molecular flexibility index (Phi) is 5.26. The van der Waals surface area contributed by atoms with Crippen LogP contribution >= 0.6 is 11.6 Å². The highest BCUT2D eigenvalue weighted by Crippen LogP contribution is 2.21. The van der Waals surface area contributed by atoms with Crippen molar-refractivity contribution in [3.63, 3.8) is 0 Å². The molecule has 1 heterocycles. The lowest BCUT2D eigenvalue weighted by molar-refractivity contribution is -0.139. The van der Waals surface area contributed by atoms with Crippen LogP contribution in [0.15, 0.2) is 65.2 Å². The van der Waals surface area contributed by atoms with Crippen LogP contribution in [0.2, 0.25) is 5.02 Å². The quantitative estimate of drug-likeness (QED) is 0.482. The predicted octanol–water partition coefficient (Wildman–Crippen LogP) is 4.89. The molecule has 0 aliphatic carbocycles. The van der Waals surface area contributed by atoms with Gasteiger partial charge in [-0.15, -0.1) is 0 Å². The van der Waals surface area contributed by atoms with Gasteiger partial charge in [0, 0.05) is 17.2 Å². The van der Waals surface area contributed by atoms with E-state index in [1.54, 1.807) is 6.20 Å². The van der Waals surface area contributed by atoms with Crippen molar-refractivity contribution in [1.29, 1.82) is 0 Å². The van der Waals surface area contributed by atoms with Crippen LogP contribution in [0.3, 0.4) is 0 Å². The number of aromatic nitrogens is 1. The summed E-state index contributed by atoms with van der Waals surface area (Å²) >= 11 is 5.88. The van der Waals surface area contributed by atoms with E-state index >= 15 is 0 Å². The van der Waals surface area contributed by atoms with Gasteiger partial charge in [0.25, 0.3) is 0 Å². The molecule has 0 N–H and O–H groups in total. The van der Waals surface area contributed by atoms with Gasteiger partial charge in [0.15, 0.2) is 12.4 Å². The number of hydrogen-bond donors (Lipinski definition) is 0. The van der Waals surface area contributed by atoms with E-state index in [9.17, 15) is 9.18 Å². The van der Waals surface area contributed by atoms with Gasteiger partial charge in [0.1, 0.15) is 5.82 Å². The summed E-state index contributed by atoms with van der Waals surface area (Å²) in [6, 6.07) is 13.7. The second kappa shape index (κ2) is 7.77. The van der Waals surface area contributed by atoms with Crippen molar-refractivity contribution < 1.29 is 18.3 Å². The lowest BCUT2D eigenvalue weighted by Gasteiger charge is -2.00. The summed E-state index contributed by atoms with van der Waals surface area (Å²) in [6.07, 6.45) is 3.93. The molecule has 3 aromatic rings. The molecular weight excluding hydrogens is 345 g/mol. The molecule has 25 heavy (non-hydrogen) atoms. The monoisotopic (exact) mass is 357 g/mol.